The lowest BCUT2D eigenvalue weighted by molar-refractivity contribution is -0.114. The molecule has 0 aliphatic rings. The van der Waals surface area contributed by atoms with Gasteiger partial charge in [-0.1, -0.05) is 18.2 Å². The monoisotopic (exact) mass is 257 g/mol. The summed E-state index contributed by atoms with van der Waals surface area (Å²) in [5.41, 5.74) is 1.20. The van der Waals surface area contributed by atoms with Crippen LogP contribution in [0.1, 0.15) is 6.92 Å². The van der Waals surface area contributed by atoms with Crippen molar-refractivity contribution in [2.24, 2.45) is 10.2 Å². The third-order valence-electron chi connectivity index (χ3n) is 2.30. The molecule has 96 valence electrons. The largest absolute Gasteiger partial charge is 0.324 e. The highest BCUT2D eigenvalue weighted by Gasteiger charge is 2.04. The van der Waals surface area contributed by atoms with Crippen molar-refractivity contribution in [1.82, 2.24) is 0 Å². The molecule has 2 aromatic carbocycles. The molecule has 0 saturated heterocycles. The van der Waals surface area contributed by atoms with Crippen LogP contribution in [0.5, 0.6) is 0 Å². The van der Waals surface area contributed by atoms with E-state index in [0.29, 0.717) is 11.4 Å². The molecule has 0 aliphatic carbocycles. The summed E-state index contributed by atoms with van der Waals surface area (Å²) in [6.07, 6.45) is 0. The Hall–Kier alpha value is -2.56. The zero-order valence-corrected chi connectivity index (χ0v) is 10.3. The summed E-state index contributed by atoms with van der Waals surface area (Å²) in [6.45, 7) is 1.32. The molecule has 1 amide bonds. The average Bonchev–Trinajstić information content (AvgIpc) is 2.40. The van der Waals surface area contributed by atoms with Gasteiger partial charge in [-0.3, -0.25) is 4.79 Å². The van der Waals surface area contributed by atoms with Gasteiger partial charge in [0, 0.05) is 13.0 Å². The van der Waals surface area contributed by atoms with Gasteiger partial charge in [0.2, 0.25) is 5.91 Å². The molecule has 0 heterocycles. The summed E-state index contributed by atoms with van der Waals surface area (Å²) in [5.74, 6) is -0.864. The second-order valence-electron chi connectivity index (χ2n) is 3.88. The lowest BCUT2D eigenvalue weighted by Gasteiger charge is -2.03. The first-order valence-electron chi connectivity index (χ1n) is 5.69. The SMILES string of the molecule is CC(=O)Nc1ccc(N=Nc2ccccc2)cc1F. The highest BCUT2D eigenvalue weighted by molar-refractivity contribution is 5.88. The smallest absolute Gasteiger partial charge is 0.221 e. The summed E-state index contributed by atoms with van der Waals surface area (Å²) in [6, 6.07) is 13.4. The summed E-state index contributed by atoms with van der Waals surface area (Å²) >= 11 is 0. The molecule has 4 nitrogen and oxygen atoms in total. The average molecular weight is 257 g/mol. The molecular weight excluding hydrogens is 245 g/mol. The third-order valence-corrected chi connectivity index (χ3v) is 2.30. The first-order chi connectivity index (χ1) is 9.15. The van der Waals surface area contributed by atoms with Crippen molar-refractivity contribution >= 4 is 23.0 Å². The van der Waals surface area contributed by atoms with Gasteiger partial charge in [-0.05, 0) is 24.3 Å². The lowest BCUT2D eigenvalue weighted by atomic mass is 10.2. The zero-order chi connectivity index (χ0) is 13.7. The second-order valence-corrected chi connectivity index (χ2v) is 3.88. The third kappa shape index (κ3) is 3.70. The Morgan fingerprint density at radius 2 is 1.74 bits per heavy atom. The fourth-order valence-corrected chi connectivity index (χ4v) is 1.47. The van der Waals surface area contributed by atoms with E-state index in [1.807, 2.05) is 18.2 Å². The topological polar surface area (TPSA) is 53.8 Å². The van der Waals surface area contributed by atoms with Crippen molar-refractivity contribution in [3.8, 4) is 0 Å². The van der Waals surface area contributed by atoms with Crippen LogP contribution in [0.3, 0.4) is 0 Å². The molecule has 0 fully saturated rings. The normalized spacial score (nSPS) is 10.6. The first kappa shape index (κ1) is 12.9. The van der Waals surface area contributed by atoms with Gasteiger partial charge in [0.1, 0.15) is 5.82 Å². The molecule has 0 atom stereocenters. The zero-order valence-electron chi connectivity index (χ0n) is 10.3. The molecule has 5 heteroatoms. The van der Waals surface area contributed by atoms with E-state index in [2.05, 4.69) is 15.5 Å². The number of amides is 1. The van der Waals surface area contributed by atoms with Crippen LogP contribution < -0.4 is 5.32 Å². The van der Waals surface area contributed by atoms with Gasteiger partial charge in [-0.25, -0.2) is 4.39 Å². The number of nitrogens with zero attached hydrogens (tertiary/aromatic N) is 2. The van der Waals surface area contributed by atoms with E-state index in [4.69, 9.17) is 0 Å². The Morgan fingerprint density at radius 3 is 2.37 bits per heavy atom. The highest BCUT2D eigenvalue weighted by atomic mass is 19.1. The molecule has 0 bridgehead atoms. The van der Waals surface area contributed by atoms with Crippen molar-refractivity contribution in [1.29, 1.82) is 0 Å². The summed E-state index contributed by atoms with van der Waals surface area (Å²) in [7, 11) is 0. The van der Waals surface area contributed by atoms with Crippen LogP contribution in [-0.4, -0.2) is 5.91 Å². The Morgan fingerprint density at radius 1 is 1.05 bits per heavy atom. The maximum atomic E-state index is 13.6. The quantitative estimate of drug-likeness (QED) is 0.823. The number of carbonyl (C=O) groups is 1. The number of hydrogen-bond donors (Lipinski definition) is 1. The minimum absolute atomic E-state index is 0.131. The van der Waals surface area contributed by atoms with E-state index < -0.39 is 5.82 Å². The molecule has 19 heavy (non-hydrogen) atoms. The number of rotatable bonds is 3. The molecule has 0 saturated carbocycles. The van der Waals surface area contributed by atoms with Crippen molar-refractivity contribution in [3.63, 3.8) is 0 Å². The fourth-order valence-electron chi connectivity index (χ4n) is 1.47. The number of anilines is 1. The Labute approximate surface area is 110 Å². The maximum absolute atomic E-state index is 13.6. The van der Waals surface area contributed by atoms with Crippen LogP contribution >= 0.6 is 0 Å². The molecule has 0 spiro atoms. The van der Waals surface area contributed by atoms with Gasteiger partial charge in [0.15, 0.2) is 0 Å². The van der Waals surface area contributed by atoms with E-state index in [-0.39, 0.29) is 11.6 Å². The van der Waals surface area contributed by atoms with Crippen LogP contribution in [0.2, 0.25) is 0 Å². The van der Waals surface area contributed by atoms with Gasteiger partial charge in [0.25, 0.3) is 0 Å². The minimum Gasteiger partial charge on any atom is -0.324 e. The van der Waals surface area contributed by atoms with E-state index in [1.54, 1.807) is 18.2 Å². The van der Waals surface area contributed by atoms with Crippen LogP contribution in [0.15, 0.2) is 58.8 Å². The Balaban J connectivity index is 2.16. The molecule has 0 aliphatic heterocycles. The Bertz CT molecular complexity index is 611. The highest BCUT2D eigenvalue weighted by Crippen LogP contribution is 2.23. The van der Waals surface area contributed by atoms with Gasteiger partial charge in [0.05, 0.1) is 17.1 Å². The number of benzene rings is 2. The van der Waals surface area contributed by atoms with Crippen LogP contribution in [0, 0.1) is 5.82 Å². The fraction of sp³-hybridized carbons (Fsp3) is 0.0714. The predicted octanol–water partition coefficient (Wildman–Crippen LogP) is 4.20. The van der Waals surface area contributed by atoms with E-state index in [1.165, 1.54) is 19.1 Å². The molecule has 2 rings (SSSR count). The minimum atomic E-state index is -0.542. The van der Waals surface area contributed by atoms with Crippen LogP contribution in [-0.2, 0) is 4.79 Å². The molecule has 0 radical (unpaired) electrons. The van der Waals surface area contributed by atoms with E-state index >= 15 is 0 Å². The van der Waals surface area contributed by atoms with Crippen molar-refractivity contribution in [3.05, 3.63) is 54.3 Å². The van der Waals surface area contributed by atoms with Crippen LogP contribution in [0.25, 0.3) is 0 Å². The van der Waals surface area contributed by atoms with E-state index in [0.717, 1.165) is 0 Å². The molecular formula is C14H12FN3O. The lowest BCUT2D eigenvalue weighted by Crippen LogP contribution is -2.07. The van der Waals surface area contributed by atoms with Gasteiger partial charge >= 0.3 is 0 Å². The number of azo groups is 1. The number of nitrogens with one attached hydrogen (secondary N) is 1. The van der Waals surface area contributed by atoms with Crippen molar-refractivity contribution in [2.75, 3.05) is 5.32 Å². The number of halogens is 1. The van der Waals surface area contributed by atoms with Crippen LogP contribution in [0.4, 0.5) is 21.5 Å². The van der Waals surface area contributed by atoms with Crippen molar-refractivity contribution in [2.45, 2.75) is 6.92 Å². The number of carbonyl (C=O) groups excluding carboxylic acids is 1. The first-order valence-corrected chi connectivity index (χ1v) is 5.69. The van der Waals surface area contributed by atoms with E-state index in [9.17, 15) is 9.18 Å². The second kappa shape index (κ2) is 5.86. The summed E-state index contributed by atoms with van der Waals surface area (Å²) < 4.78 is 13.6. The molecule has 2 aromatic rings. The molecule has 0 unspecified atom stereocenters. The van der Waals surface area contributed by atoms with Gasteiger partial charge in [-0.2, -0.15) is 10.2 Å². The van der Waals surface area contributed by atoms with Gasteiger partial charge < -0.3 is 5.32 Å². The number of hydrogen-bond acceptors (Lipinski definition) is 3. The molecule has 1 N–H and O–H groups in total. The predicted molar refractivity (Wildman–Crippen MR) is 71.3 cm³/mol. The van der Waals surface area contributed by atoms with Crippen molar-refractivity contribution < 1.29 is 9.18 Å². The Kier molecular flexibility index (Phi) is 3.97. The molecule has 0 aromatic heterocycles. The standard InChI is InChI=1S/C14H12FN3O/c1-10(19)16-14-8-7-12(9-13(14)15)18-17-11-5-3-2-4-6-11/h2-9H,1H3,(H,16,19). The van der Waals surface area contributed by atoms with Gasteiger partial charge in [-0.15, -0.1) is 0 Å². The summed E-state index contributed by atoms with van der Waals surface area (Å²) in [5, 5.41) is 10.3. The maximum Gasteiger partial charge on any atom is 0.221 e. The summed E-state index contributed by atoms with van der Waals surface area (Å²) in [4.78, 5) is 10.8.